The minimum Gasteiger partial charge on any atom is -0.545 e. The molecule has 9 nitrogen and oxygen atoms in total. The third-order valence-electron chi connectivity index (χ3n) is 16.6. The van der Waals surface area contributed by atoms with Gasteiger partial charge in [0.25, 0.3) is 0 Å². The number of carbonyl (C=O) groups is 3. The summed E-state index contributed by atoms with van der Waals surface area (Å²) >= 11 is 0. The molecule has 0 saturated heterocycles. The number of allylic oxidation sites excluding steroid dienone is 14. The van der Waals surface area contributed by atoms with E-state index in [0.717, 1.165) is 83.5 Å². The van der Waals surface area contributed by atoms with Crippen LogP contribution in [0, 0.1) is 0 Å². The lowest BCUT2D eigenvalue weighted by molar-refractivity contribution is -0.870. The number of esters is 2. The first-order valence-corrected chi connectivity index (χ1v) is 37.7. The Morgan fingerprint density at radius 1 is 0.348 bits per heavy atom. The maximum Gasteiger partial charge on any atom is 0.306 e. The molecule has 0 aromatic rings. The third kappa shape index (κ3) is 71.8. The van der Waals surface area contributed by atoms with E-state index in [2.05, 4.69) is 98.9 Å². The van der Waals surface area contributed by atoms with Gasteiger partial charge >= 0.3 is 11.9 Å². The van der Waals surface area contributed by atoms with Crippen molar-refractivity contribution >= 4 is 17.9 Å². The van der Waals surface area contributed by atoms with Crippen LogP contribution in [-0.4, -0.2) is 82.3 Å². The van der Waals surface area contributed by atoms with Gasteiger partial charge in [-0.25, -0.2) is 0 Å². The molecule has 9 heteroatoms. The zero-order chi connectivity index (χ0) is 64.7. The second kappa shape index (κ2) is 70.3. The zero-order valence-electron chi connectivity index (χ0n) is 59.0. The molecule has 0 amide bonds. The van der Waals surface area contributed by atoms with E-state index in [1.165, 1.54) is 231 Å². The molecule has 516 valence electrons. The summed E-state index contributed by atoms with van der Waals surface area (Å²) in [6.45, 7) is 4.66. The van der Waals surface area contributed by atoms with Crippen molar-refractivity contribution in [3.05, 3.63) is 85.1 Å². The number of carboxylic acid groups (broad SMARTS) is 1. The Bertz CT molecular complexity index is 1740. The van der Waals surface area contributed by atoms with Gasteiger partial charge in [0.2, 0.25) is 0 Å². The van der Waals surface area contributed by atoms with Gasteiger partial charge in [0.05, 0.1) is 40.3 Å². The van der Waals surface area contributed by atoms with Gasteiger partial charge in [-0.15, -0.1) is 0 Å². The number of likely N-dealkylation sites (N-methyl/N-ethyl adjacent to an activating group) is 1. The van der Waals surface area contributed by atoms with Crippen LogP contribution < -0.4 is 5.11 Å². The third-order valence-corrected chi connectivity index (χ3v) is 16.6. The van der Waals surface area contributed by atoms with E-state index >= 15 is 0 Å². The smallest absolute Gasteiger partial charge is 0.306 e. The standard InChI is InChI=1S/C80H143NO8/c1-6-8-10-12-14-16-18-20-22-24-26-28-30-32-33-34-35-36-37-38-39-40-41-42-43-44-45-47-48-50-52-54-56-58-60-62-64-66-68-70-77(82)87-74-76(75-88-80(79(84)85)86-73-72-81(3,4)5)89-78(83)71-69-67-65-63-61-59-57-55-53-51-49-46-31-29-27-25-23-21-19-17-15-13-11-9-7-2/h9,11,15,17-18,20-21,23-24,26-27,29,46,49,76,80H,6-8,10,12-14,16,19,22,25,28,30-45,47-48,50-75H2,1-5H3/b11-9-,17-15-,20-18-,23-21-,26-24-,29-27-,49-46-. The van der Waals surface area contributed by atoms with Gasteiger partial charge in [0, 0.05) is 12.8 Å². The normalized spacial score (nSPS) is 13.1. The molecule has 0 N–H and O–H groups in total. The molecule has 2 unspecified atom stereocenters. The highest BCUT2D eigenvalue weighted by Crippen LogP contribution is 2.19. The van der Waals surface area contributed by atoms with Gasteiger partial charge < -0.3 is 33.3 Å². The summed E-state index contributed by atoms with van der Waals surface area (Å²) in [5.74, 6) is -2.28. The minimum absolute atomic E-state index is 0.145. The fraction of sp³-hybridized carbons (Fsp3) is 0.787. The minimum atomic E-state index is -1.63. The highest BCUT2D eigenvalue weighted by atomic mass is 16.7. The van der Waals surface area contributed by atoms with Crippen LogP contribution in [0.4, 0.5) is 0 Å². The maximum atomic E-state index is 12.9. The van der Waals surface area contributed by atoms with Gasteiger partial charge in [0.1, 0.15) is 13.2 Å². The number of carboxylic acids is 1. The fourth-order valence-corrected chi connectivity index (χ4v) is 10.9. The van der Waals surface area contributed by atoms with Crippen LogP contribution >= 0.6 is 0 Å². The SMILES string of the molecule is CC/C=C\C/C=C\C/C=C\C/C=C\C/C=C\CCCCCCCCCCCC(=O)OC(COC(=O)CCCCCCCCCCCCCCCCCCCCCCCCCCCCC/C=C\C/C=C\CCCCCCC)COC(OCC[N+](C)(C)C)C(=O)[O-]. The Labute approximate surface area is 550 Å². The molecule has 0 fully saturated rings. The van der Waals surface area contributed by atoms with Crippen LogP contribution in [0.5, 0.6) is 0 Å². The first kappa shape index (κ1) is 85.5. The monoisotopic (exact) mass is 1250 g/mol. The van der Waals surface area contributed by atoms with E-state index < -0.39 is 24.3 Å². The number of quaternary nitrogens is 1. The van der Waals surface area contributed by atoms with Gasteiger partial charge in [0.15, 0.2) is 12.4 Å². The van der Waals surface area contributed by atoms with Gasteiger partial charge in [-0.1, -0.05) is 330 Å². The average molecular weight is 1250 g/mol. The first-order valence-electron chi connectivity index (χ1n) is 37.7. The van der Waals surface area contributed by atoms with Gasteiger partial charge in [-0.05, 0) is 89.9 Å². The lowest BCUT2D eigenvalue weighted by Gasteiger charge is -2.26. The van der Waals surface area contributed by atoms with E-state index in [4.69, 9.17) is 18.9 Å². The van der Waals surface area contributed by atoms with Crippen LogP contribution in [0.1, 0.15) is 348 Å². The summed E-state index contributed by atoms with van der Waals surface area (Å²) in [6, 6.07) is 0. The van der Waals surface area contributed by atoms with E-state index in [9.17, 15) is 19.5 Å². The molecule has 0 rings (SSSR count). The molecule has 0 aromatic carbocycles. The molecule has 0 aliphatic carbocycles. The fourth-order valence-electron chi connectivity index (χ4n) is 10.9. The van der Waals surface area contributed by atoms with E-state index in [0.29, 0.717) is 23.9 Å². The molecule has 89 heavy (non-hydrogen) atoms. The van der Waals surface area contributed by atoms with Crippen molar-refractivity contribution in [2.75, 3.05) is 47.5 Å². The zero-order valence-corrected chi connectivity index (χ0v) is 59.0. The number of hydrogen-bond donors (Lipinski definition) is 0. The molecular weight excluding hydrogens is 1100 g/mol. The van der Waals surface area contributed by atoms with Crippen LogP contribution in [0.2, 0.25) is 0 Å². The summed E-state index contributed by atoms with van der Waals surface area (Å²) < 4.78 is 22.8. The predicted octanol–water partition coefficient (Wildman–Crippen LogP) is 22.5. The van der Waals surface area contributed by atoms with Gasteiger partial charge in [-0.2, -0.15) is 0 Å². The van der Waals surface area contributed by atoms with Crippen molar-refractivity contribution < 1.29 is 42.9 Å². The Morgan fingerprint density at radius 2 is 0.640 bits per heavy atom. The highest BCUT2D eigenvalue weighted by Gasteiger charge is 2.22. The second-order valence-corrected chi connectivity index (χ2v) is 26.6. The molecular formula is C80H143NO8. The number of rotatable bonds is 70. The largest absolute Gasteiger partial charge is 0.545 e. The summed E-state index contributed by atoms with van der Waals surface area (Å²) in [5.41, 5.74) is 0. The lowest BCUT2D eigenvalue weighted by Crippen LogP contribution is -2.44. The van der Waals surface area contributed by atoms with Crippen LogP contribution in [0.25, 0.3) is 0 Å². The molecule has 2 atom stereocenters. The topological polar surface area (TPSA) is 111 Å². The number of hydrogen-bond acceptors (Lipinski definition) is 8. The molecule has 0 bridgehead atoms. The lowest BCUT2D eigenvalue weighted by atomic mass is 10.0. The van der Waals surface area contributed by atoms with Crippen molar-refractivity contribution in [1.29, 1.82) is 0 Å². The molecule has 0 saturated carbocycles. The molecule has 0 radical (unpaired) electrons. The molecule has 0 spiro atoms. The number of aliphatic carboxylic acids is 1. The average Bonchev–Trinajstić information content (AvgIpc) is 3.64. The van der Waals surface area contributed by atoms with Crippen molar-refractivity contribution in [1.82, 2.24) is 0 Å². The number of nitrogens with zero attached hydrogens (tertiary/aromatic N) is 1. The van der Waals surface area contributed by atoms with E-state index in [-0.39, 0.29) is 32.2 Å². The van der Waals surface area contributed by atoms with E-state index in [1.807, 2.05) is 21.1 Å². The Kier molecular flexibility index (Phi) is 67.6. The molecule has 0 aliphatic rings. The maximum absolute atomic E-state index is 12.9. The Morgan fingerprint density at radius 3 is 0.955 bits per heavy atom. The summed E-state index contributed by atoms with van der Waals surface area (Å²) in [7, 11) is 5.93. The number of unbranched alkanes of at least 4 members (excludes halogenated alkanes) is 41. The van der Waals surface area contributed by atoms with Crippen molar-refractivity contribution in [2.45, 2.75) is 360 Å². The van der Waals surface area contributed by atoms with Gasteiger partial charge in [-0.3, -0.25) is 9.59 Å². The molecule has 0 aliphatic heterocycles. The van der Waals surface area contributed by atoms with Crippen LogP contribution in [0.15, 0.2) is 85.1 Å². The summed E-state index contributed by atoms with van der Waals surface area (Å²) in [4.78, 5) is 37.5. The van der Waals surface area contributed by atoms with Crippen LogP contribution in [0.3, 0.4) is 0 Å². The summed E-state index contributed by atoms with van der Waals surface area (Å²) in [6.07, 6.45) is 92.7. The van der Waals surface area contributed by atoms with Crippen molar-refractivity contribution in [2.24, 2.45) is 0 Å². The molecule has 0 heterocycles. The Balaban J connectivity index is 3.99. The quantitative estimate of drug-likeness (QED) is 0.0195. The Hall–Kier alpha value is -3.53. The summed E-state index contributed by atoms with van der Waals surface area (Å²) in [5, 5.41) is 11.8. The van der Waals surface area contributed by atoms with E-state index in [1.54, 1.807) is 0 Å². The second-order valence-electron chi connectivity index (χ2n) is 26.6. The van der Waals surface area contributed by atoms with Crippen molar-refractivity contribution in [3.8, 4) is 0 Å². The predicted molar refractivity (Wildman–Crippen MR) is 380 cm³/mol. The first-order chi connectivity index (χ1) is 43.6. The molecule has 0 aromatic heterocycles. The highest BCUT2D eigenvalue weighted by molar-refractivity contribution is 5.70. The number of carbonyl (C=O) groups excluding carboxylic acids is 3. The van der Waals surface area contributed by atoms with Crippen LogP contribution in [-0.2, 0) is 33.3 Å². The van der Waals surface area contributed by atoms with Crippen molar-refractivity contribution in [3.63, 3.8) is 0 Å². The number of ether oxygens (including phenoxy) is 4.